The number of hydrogen-bond donors (Lipinski definition) is 0. The summed E-state index contributed by atoms with van der Waals surface area (Å²) in [4.78, 5) is 33.6. The van der Waals surface area contributed by atoms with Crippen molar-refractivity contribution in [2.24, 2.45) is 7.05 Å². The van der Waals surface area contributed by atoms with Gasteiger partial charge in [-0.1, -0.05) is 0 Å². The van der Waals surface area contributed by atoms with E-state index in [4.69, 9.17) is 0 Å². The predicted octanol–water partition coefficient (Wildman–Crippen LogP) is 0.536. The summed E-state index contributed by atoms with van der Waals surface area (Å²) in [5.41, 5.74) is -0.0598. The summed E-state index contributed by atoms with van der Waals surface area (Å²) >= 11 is 0. The number of amides is 2. The Morgan fingerprint density at radius 1 is 1.35 bits per heavy atom. The van der Waals surface area contributed by atoms with E-state index < -0.39 is 16.7 Å². The van der Waals surface area contributed by atoms with Gasteiger partial charge in [-0.25, -0.2) is 4.90 Å². The van der Waals surface area contributed by atoms with Crippen LogP contribution in [0.15, 0.2) is 0 Å². The van der Waals surface area contributed by atoms with Crippen molar-refractivity contribution in [1.82, 2.24) is 9.78 Å². The summed E-state index contributed by atoms with van der Waals surface area (Å²) < 4.78 is 1.26. The Kier molecular flexibility index (Phi) is 3.26. The number of nitro groups is 1. The minimum absolute atomic E-state index is 0.241. The zero-order valence-corrected chi connectivity index (χ0v) is 9.92. The quantitative estimate of drug-likeness (QED) is 0.554. The van der Waals surface area contributed by atoms with E-state index in [1.54, 1.807) is 0 Å². The summed E-state index contributed by atoms with van der Waals surface area (Å²) in [6.45, 7) is 3.79. The van der Waals surface area contributed by atoms with Crippen LogP contribution in [0.4, 0.5) is 11.5 Å². The van der Waals surface area contributed by atoms with Gasteiger partial charge in [0.25, 0.3) is 0 Å². The highest BCUT2D eigenvalue weighted by atomic mass is 16.6. The maximum Gasteiger partial charge on any atom is 0.334 e. The summed E-state index contributed by atoms with van der Waals surface area (Å²) in [7, 11) is 1.50. The predicted molar refractivity (Wildman–Crippen MR) is 58.4 cm³/mol. The fourth-order valence-electron chi connectivity index (χ4n) is 1.46. The molecule has 0 saturated heterocycles. The number of imide groups is 1. The first-order chi connectivity index (χ1) is 7.77. The van der Waals surface area contributed by atoms with Gasteiger partial charge in [-0.15, -0.1) is 5.10 Å². The van der Waals surface area contributed by atoms with Gasteiger partial charge in [0, 0.05) is 20.9 Å². The van der Waals surface area contributed by atoms with Crippen LogP contribution < -0.4 is 4.90 Å². The molecule has 0 N–H and O–H groups in total. The zero-order valence-electron chi connectivity index (χ0n) is 9.92. The number of anilines is 1. The Morgan fingerprint density at radius 3 is 2.18 bits per heavy atom. The number of hydrogen-bond acceptors (Lipinski definition) is 5. The van der Waals surface area contributed by atoms with Gasteiger partial charge in [0.05, 0.1) is 4.92 Å². The molecule has 0 atom stereocenters. The van der Waals surface area contributed by atoms with Crippen LogP contribution in [0.25, 0.3) is 0 Å². The number of aryl methyl sites for hydroxylation is 1. The molecule has 0 unspecified atom stereocenters. The molecule has 1 aromatic rings. The average molecular weight is 240 g/mol. The zero-order chi connectivity index (χ0) is 13.3. The average Bonchev–Trinajstić information content (AvgIpc) is 2.41. The monoisotopic (exact) mass is 240 g/mol. The number of aromatic nitrogens is 2. The fourth-order valence-corrected chi connectivity index (χ4v) is 1.46. The van der Waals surface area contributed by atoms with E-state index in [2.05, 4.69) is 5.10 Å². The Bertz CT molecular complexity index is 491. The minimum Gasteiger partial charge on any atom is -0.274 e. The first kappa shape index (κ1) is 12.8. The summed E-state index contributed by atoms with van der Waals surface area (Å²) in [6, 6.07) is 0. The smallest absolute Gasteiger partial charge is 0.274 e. The van der Waals surface area contributed by atoms with Gasteiger partial charge in [-0.2, -0.15) is 0 Å². The molecule has 1 aromatic heterocycles. The first-order valence-electron chi connectivity index (χ1n) is 4.76. The molecule has 0 aliphatic carbocycles. The van der Waals surface area contributed by atoms with Crippen molar-refractivity contribution in [2.45, 2.75) is 20.8 Å². The van der Waals surface area contributed by atoms with Crippen molar-refractivity contribution in [3.63, 3.8) is 0 Å². The lowest BCUT2D eigenvalue weighted by Gasteiger charge is -2.12. The molecule has 2 amide bonds. The molecule has 0 radical (unpaired) electrons. The third-order valence-electron chi connectivity index (χ3n) is 2.31. The van der Waals surface area contributed by atoms with E-state index in [1.807, 2.05) is 0 Å². The highest BCUT2D eigenvalue weighted by Crippen LogP contribution is 2.30. The topological polar surface area (TPSA) is 98.3 Å². The highest BCUT2D eigenvalue weighted by molar-refractivity contribution is 6.13. The Hall–Kier alpha value is -2.25. The Morgan fingerprint density at radius 2 is 1.82 bits per heavy atom. The second kappa shape index (κ2) is 4.32. The molecular formula is C9H12N4O4. The van der Waals surface area contributed by atoms with Crippen LogP contribution in [0, 0.1) is 17.0 Å². The summed E-state index contributed by atoms with van der Waals surface area (Å²) in [6.07, 6.45) is 0. The molecule has 0 aliphatic heterocycles. The molecule has 1 rings (SSSR count). The number of nitrogens with zero attached hydrogens (tertiary/aromatic N) is 4. The lowest BCUT2D eigenvalue weighted by Crippen LogP contribution is -2.34. The first-order valence-corrected chi connectivity index (χ1v) is 4.76. The number of carbonyl (C=O) groups is 2. The molecule has 0 spiro atoms. The molecule has 0 aromatic carbocycles. The molecular weight excluding hydrogens is 228 g/mol. The Labute approximate surface area is 97.0 Å². The molecule has 17 heavy (non-hydrogen) atoms. The van der Waals surface area contributed by atoms with Crippen LogP contribution in [0.5, 0.6) is 0 Å². The van der Waals surface area contributed by atoms with Crippen molar-refractivity contribution >= 4 is 23.3 Å². The van der Waals surface area contributed by atoms with Gasteiger partial charge in [0.1, 0.15) is 5.69 Å². The third-order valence-corrected chi connectivity index (χ3v) is 2.31. The third kappa shape index (κ3) is 2.14. The summed E-state index contributed by atoms with van der Waals surface area (Å²) in [5, 5.41) is 14.7. The van der Waals surface area contributed by atoms with Crippen molar-refractivity contribution < 1.29 is 14.5 Å². The van der Waals surface area contributed by atoms with Crippen LogP contribution in [0.3, 0.4) is 0 Å². The van der Waals surface area contributed by atoms with Crippen LogP contribution in [-0.2, 0) is 16.6 Å². The maximum absolute atomic E-state index is 11.3. The van der Waals surface area contributed by atoms with E-state index >= 15 is 0 Å². The molecule has 8 heteroatoms. The molecule has 0 aliphatic rings. The van der Waals surface area contributed by atoms with Gasteiger partial charge in [0.15, 0.2) is 0 Å². The van der Waals surface area contributed by atoms with Gasteiger partial charge in [-0.3, -0.25) is 24.4 Å². The van der Waals surface area contributed by atoms with E-state index in [0.717, 1.165) is 13.8 Å². The summed E-state index contributed by atoms with van der Waals surface area (Å²) in [5.74, 6) is -1.47. The van der Waals surface area contributed by atoms with Gasteiger partial charge < -0.3 is 0 Å². The van der Waals surface area contributed by atoms with Gasteiger partial charge in [0.2, 0.25) is 17.6 Å². The largest absolute Gasteiger partial charge is 0.334 e. The van der Waals surface area contributed by atoms with E-state index in [9.17, 15) is 19.7 Å². The van der Waals surface area contributed by atoms with E-state index in [-0.39, 0.29) is 17.2 Å². The minimum atomic E-state index is -0.656. The Balaban J connectivity index is 3.49. The van der Waals surface area contributed by atoms with Crippen molar-refractivity contribution in [1.29, 1.82) is 0 Å². The molecule has 0 bridgehead atoms. The maximum atomic E-state index is 11.3. The normalized spacial score (nSPS) is 10.1. The standard InChI is InChI=1S/C9H12N4O4/c1-5-8(13(16)17)9(10-11(5)4)12(6(2)14)7(3)15/h1-4H3. The lowest BCUT2D eigenvalue weighted by molar-refractivity contribution is -0.384. The van der Waals surface area contributed by atoms with Crippen LogP contribution >= 0.6 is 0 Å². The van der Waals surface area contributed by atoms with Crippen LogP contribution in [0.1, 0.15) is 19.5 Å². The molecule has 0 fully saturated rings. The van der Waals surface area contributed by atoms with Crippen molar-refractivity contribution in [2.75, 3.05) is 4.90 Å². The number of rotatable bonds is 2. The molecule has 92 valence electrons. The molecule has 8 nitrogen and oxygen atoms in total. The molecule has 1 heterocycles. The fraction of sp³-hybridized carbons (Fsp3) is 0.444. The SMILES string of the molecule is CC(=O)N(C(C)=O)c1nn(C)c(C)c1[N+](=O)[O-]. The van der Waals surface area contributed by atoms with E-state index in [1.165, 1.54) is 18.7 Å². The number of carbonyl (C=O) groups excluding carboxylic acids is 2. The van der Waals surface area contributed by atoms with Gasteiger partial charge in [-0.05, 0) is 6.92 Å². The van der Waals surface area contributed by atoms with Gasteiger partial charge >= 0.3 is 5.69 Å². The highest BCUT2D eigenvalue weighted by Gasteiger charge is 2.32. The second-order valence-corrected chi connectivity index (χ2v) is 3.51. The van der Waals surface area contributed by atoms with Crippen molar-refractivity contribution in [3.8, 4) is 0 Å². The van der Waals surface area contributed by atoms with Crippen LogP contribution in [0.2, 0.25) is 0 Å². The van der Waals surface area contributed by atoms with Crippen LogP contribution in [-0.4, -0.2) is 26.5 Å². The van der Waals surface area contributed by atoms with E-state index in [0.29, 0.717) is 4.90 Å². The second-order valence-electron chi connectivity index (χ2n) is 3.51. The molecule has 0 saturated carbocycles. The lowest BCUT2D eigenvalue weighted by atomic mass is 10.3. The van der Waals surface area contributed by atoms with Crippen molar-refractivity contribution in [3.05, 3.63) is 15.8 Å².